The Morgan fingerprint density at radius 1 is 1.08 bits per heavy atom. The second-order valence-electron chi connectivity index (χ2n) is 7.42. The summed E-state index contributed by atoms with van der Waals surface area (Å²) in [6.45, 7) is 6.49. The maximum atomic E-state index is 12.7. The van der Waals surface area contributed by atoms with Crippen LogP contribution in [0.4, 0.5) is 0 Å². The fourth-order valence-electron chi connectivity index (χ4n) is 4.13. The second kappa shape index (κ2) is 8.06. The van der Waals surface area contributed by atoms with E-state index < -0.39 is 0 Å². The van der Waals surface area contributed by atoms with Crippen LogP contribution in [0.25, 0.3) is 0 Å². The van der Waals surface area contributed by atoms with Crippen LogP contribution in [0.2, 0.25) is 0 Å². The Morgan fingerprint density at radius 3 is 2.62 bits per heavy atom. The average Bonchev–Trinajstić information content (AvgIpc) is 3.16. The van der Waals surface area contributed by atoms with Crippen LogP contribution in [0.5, 0.6) is 0 Å². The van der Waals surface area contributed by atoms with Gasteiger partial charge in [-0.1, -0.05) is 0 Å². The Hall–Kier alpha value is -1.44. The van der Waals surface area contributed by atoms with Crippen molar-refractivity contribution in [2.24, 2.45) is 5.92 Å². The summed E-state index contributed by atoms with van der Waals surface area (Å²) in [6.07, 6.45) is 2.70. The van der Waals surface area contributed by atoms with Crippen LogP contribution in [0.1, 0.15) is 23.3 Å². The van der Waals surface area contributed by atoms with Gasteiger partial charge in [0.25, 0.3) is 0 Å². The zero-order chi connectivity index (χ0) is 17.9. The van der Waals surface area contributed by atoms with Crippen molar-refractivity contribution in [1.82, 2.24) is 14.7 Å². The molecule has 2 fully saturated rings. The zero-order valence-electron chi connectivity index (χ0n) is 15.2. The summed E-state index contributed by atoms with van der Waals surface area (Å²) in [5, 5.41) is 2.12. The van der Waals surface area contributed by atoms with Gasteiger partial charge in [0.2, 0.25) is 11.8 Å². The van der Waals surface area contributed by atoms with E-state index in [-0.39, 0.29) is 17.7 Å². The van der Waals surface area contributed by atoms with Crippen LogP contribution >= 0.6 is 11.3 Å². The number of hydrogen-bond donors (Lipinski definition) is 0. The van der Waals surface area contributed by atoms with Crippen LogP contribution < -0.4 is 0 Å². The molecule has 0 spiro atoms. The predicted octanol–water partition coefficient (Wildman–Crippen LogP) is 1.20. The predicted molar refractivity (Wildman–Crippen MR) is 100 cm³/mol. The van der Waals surface area contributed by atoms with Gasteiger partial charge in [-0.2, -0.15) is 0 Å². The molecule has 2 saturated heterocycles. The molecule has 4 rings (SSSR count). The third-order valence-corrected chi connectivity index (χ3v) is 6.80. The molecule has 0 unspecified atom stereocenters. The first-order chi connectivity index (χ1) is 12.7. The van der Waals surface area contributed by atoms with Gasteiger partial charge < -0.3 is 14.5 Å². The second-order valence-corrected chi connectivity index (χ2v) is 8.42. The fourth-order valence-corrected chi connectivity index (χ4v) is 5.02. The lowest BCUT2D eigenvalue weighted by molar-refractivity contribution is -0.141. The van der Waals surface area contributed by atoms with Gasteiger partial charge in [0.05, 0.1) is 19.8 Å². The van der Waals surface area contributed by atoms with Gasteiger partial charge in [-0.3, -0.25) is 14.5 Å². The first kappa shape index (κ1) is 17.9. The lowest BCUT2D eigenvalue weighted by Gasteiger charge is -2.36. The van der Waals surface area contributed by atoms with Gasteiger partial charge in [-0.15, -0.1) is 11.3 Å². The number of ether oxygens (including phenoxy) is 1. The van der Waals surface area contributed by atoms with Gasteiger partial charge in [-0.05, 0) is 49.4 Å². The molecule has 1 aromatic heterocycles. The van der Waals surface area contributed by atoms with Gasteiger partial charge in [0.1, 0.15) is 0 Å². The van der Waals surface area contributed by atoms with Crippen LogP contribution in [0.15, 0.2) is 11.4 Å². The quantitative estimate of drug-likeness (QED) is 0.794. The van der Waals surface area contributed by atoms with Crippen molar-refractivity contribution in [2.75, 3.05) is 52.5 Å². The van der Waals surface area contributed by atoms with Crippen LogP contribution in [0, 0.1) is 5.92 Å². The Labute approximate surface area is 158 Å². The highest BCUT2D eigenvalue weighted by molar-refractivity contribution is 7.10. The molecule has 0 atom stereocenters. The Morgan fingerprint density at radius 2 is 1.85 bits per heavy atom. The van der Waals surface area contributed by atoms with Crippen molar-refractivity contribution in [3.8, 4) is 0 Å². The number of fused-ring (bicyclic) bond motifs is 1. The molecule has 26 heavy (non-hydrogen) atoms. The van der Waals surface area contributed by atoms with Crippen molar-refractivity contribution in [3.63, 3.8) is 0 Å². The first-order valence-corrected chi connectivity index (χ1v) is 10.5. The lowest BCUT2D eigenvalue weighted by atomic mass is 9.95. The molecule has 142 valence electrons. The first-order valence-electron chi connectivity index (χ1n) is 9.62. The van der Waals surface area contributed by atoms with E-state index in [0.29, 0.717) is 19.8 Å². The number of nitrogens with zero attached hydrogens (tertiary/aromatic N) is 3. The van der Waals surface area contributed by atoms with Crippen molar-refractivity contribution in [1.29, 1.82) is 0 Å². The summed E-state index contributed by atoms with van der Waals surface area (Å²) in [5.41, 5.74) is 1.31. The van der Waals surface area contributed by atoms with E-state index in [1.54, 1.807) is 11.3 Å². The van der Waals surface area contributed by atoms with Gasteiger partial charge in [-0.25, -0.2) is 0 Å². The van der Waals surface area contributed by atoms with Gasteiger partial charge >= 0.3 is 0 Å². The molecule has 0 aliphatic carbocycles. The van der Waals surface area contributed by atoms with Gasteiger partial charge in [0, 0.05) is 37.0 Å². The van der Waals surface area contributed by atoms with Crippen LogP contribution in [-0.4, -0.2) is 79.0 Å². The Balaban J connectivity index is 1.23. The van der Waals surface area contributed by atoms with Crippen LogP contribution in [-0.2, 0) is 27.3 Å². The third kappa shape index (κ3) is 3.94. The topological polar surface area (TPSA) is 53.1 Å². The monoisotopic (exact) mass is 377 g/mol. The van der Waals surface area contributed by atoms with Gasteiger partial charge in [0.15, 0.2) is 0 Å². The molecule has 7 heteroatoms. The van der Waals surface area contributed by atoms with E-state index >= 15 is 0 Å². The van der Waals surface area contributed by atoms with Crippen molar-refractivity contribution >= 4 is 23.2 Å². The maximum absolute atomic E-state index is 12.7. The Bertz CT molecular complexity index is 648. The third-order valence-electron chi connectivity index (χ3n) is 5.78. The van der Waals surface area contributed by atoms with E-state index in [1.165, 1.54) is 10.4 Å². The number of carbonyl (C=O) groups is 2. The normalized spacial score (nSPS) is 22.3. The van der Waals surface area contributed by atoms with Crippen molar-refractivity contribution in [2.45, 2.75) is 25.8 Å². The zero-order valence-corrected chi connectivity index (χ0v) is 16.0. The minimum Gasteiger partial charge on any atom is -0.378 e. The molecule has 2 amide bonds. The molecule has 0 N–H and O–H groups in total. The number of thiophene rings is 1. The molecule has 6 nitrogen and oxygen atoms in total. The average molecular weight is 378 g/mol. The summed E-state index contributed by atoms with van der Waals surface area (Å²) in [7, 11) is 0. The number of morpholine rings is 1. The number of amides is 2. The summed E-state index contributed by atoms with van der Waals surface area (Å²) in [6, 6.07) is 2.14. The molecule has 1 aromatic rings. The molecule has 0 radical (unpaired) electrons. The highest BCUT2D eigenvalue weighted by Crippen LogP contribution is 2.25. The smallest absolute Gasteiger partial charge is 0.237 e. The summed E-state index contributed by atoms with van der Waals surface area (Å²) in [4.78, 5) is 32.8. The SMILES string of the molecule is O=C(CN1CCC(C(=O)N2CCOCC2)CC1)N1CCc2sccc2C1. The number of carbonyl (C=O) groups excluding carboxylic acids is 2. The standard InChI is InChI=1S/C19H27N3O3S/c23-18(22-7-3-17-16(13-22)4-12-26-17)14-20-5-1-15(2-6-20)19(24)21-8-10-25-11-9-21/h4,12,15H,1-3,5-11,13-14H2. The fraction of sp³-hybridized carbons (Fsp3) is 0.684. The van der Waals surface area contributed by atoms with Crippen molar-refractivity contribution < 1.29 is 14.3 Å². The molecule has 3 aliphatic heterocycles. The summed E-state index contributed by atoms with van der Waals surface area (Å²) >= 11 is 1.80. The van der Waals surface area contributed by atoms with E-state index in [0.717, 1.165) is 58.5 Å². The number of hydrogen-bond acceptors (Lipinski definition) is 5. The minimum atomic E-state index is 0.114. The van der Waals surface area contributed by atoms with Crippen molar-refractivity contribution in [3.05, 3.63) is 21.9 Å². The van der Waals surface area contributed by atoms with E-state index in [2.05, 4.69) is 16.3 Å². The molecule has 3 aliphatic rings. The largest absolute Gasteiger partial charge is 0.378 e. The molecular formula is C19H27N3O3S. The van der Waals surface area contributed by atoms with E-state index in [9.17, 15) is 9.59 Å². The van der Waals surface area contributed by atoms with Crippen LogP contribution in [0.3, 0.4) is 0 Å². The van der Waals surface area contributed by atoms with E-state index in [1.807, 2.05) is 9.80 Å². The molecule has 0 bridgehead atoms. The van der Waals surface area contributed by atoms with E-state index in [4.69, 9.17) is 4.74 Å². The number of likely N-dealkylation sites (tertiary alicyclic amines) is 1. The minimum absolute atomic E-state index is 0.114. The Kier molecular flexibility index (Phi) is 5.57. The highest BCUT2D eigenvalue weighted by atomic mass is 32.1. The number of rotatable bonds is 3. The lowest BCUT2D eigenvalue weighted by Crippen LogP contribution is -2.48. The summed E-state index contributed by atoms with van der Waals surface area (Å²) < 4.78 is 5.33. The number of piperidine rings is 1. The molecule has 0 aromatic carbocycles. The molecule has 0 saturated carbocycles. The maximum Gasteiger partial charge on any atom is 0.237 e. The molecular weight excluding hydrogens is 350 g/mol. The summed E-state index contributed by atoms with van der Waals surface area (Å²) in [5.74, 6) is 0.614. The molecule has 4 heterocycles. The highest BCUT2D eigenvalue weighted by Gasteiger charge is 2.31.